The monoisotopic (exact) mass is 296 g/mol. The van der Waals surface area contributed by atoms with Crippen LogP contribution in [0.1, 0.15) is 30.6 Å². The number of nitrogens with zero attached hydrogens (tertiary/aromatic N) is 1. The zero-order chi connectivity index (χ0) is 16.0. The molecule has 1 aromatic rings. The van der Waals surface area contributed by atoms with Crippen LogP contribution in [0.25, 0.3) is 0 Å². The molecule has 7 heteroatoms. The molecule has 0 aliphatic heterocycles. The van der Waals surface area contributed by atoms with Crippen molar-refractivity contribution in [3.05, 3.63) is 33.9 Å². The number of methoxy groups -OCH3 is 1. The Morgan fingerprint density at radius 2 is 2.14 bits per heavy atom. The lowest BCUT2D eigenvalue weighted by Gasteiger charge is -2.24. The molecular formula is C14H20N2O5. The number of aromatic hydroxyl groups is 1. The number of nitro groups is 1. The summed E-state index contributed by atoms with van der Waals surface area (Å²) in [5.74, 6) is -0.906. The summed E-state index contributed by atoms with van der Waals surface area (Å²) < 4.78 is 5.01. The van der Waals surface area contributed by atoms with Gasteiger partial charge in [-0.25, -0.2) is 0 Å². The van der Waals surface area contributed by atoms with E-state index in [1.807, 2.05) is 13.8 Å². The summed E-state index contributed by atoms with van der Waals surface area (Å²) in [6, 6.07) is 3.52. The Balaban J connectivity index is 2.68. The molecule has 0 unspecified atom stereocenters. The summed E-state index contributed by atoms with van der Waals surface area (Å²) in [5.41, 5.74) is -0.373. The lowest BCUT2D eigenvalue weighted by Crippen LogP contribution is -2.34. The summed E-state index contributed by atoms with van der Waals surface area (Å²) in [6.07, 6.45) is 0.787. The molecule has 0 spiro atoms. The Kier molecular flexibility index (Phi) is 5.66. The average Bonchev–Trinajstić information content (AvgIpc) is 2.42. The van der Waals surface area contributed by atoms with Gasteiger partial charge in [0, 0.05) is 31.9 Å². The van der Waals surface area contributed by atoms with Gasteiger partial charge in [0.25, 0.3) is 5.91 Å². The average molecular weight is 296 g/mol. The summed E-state index contributed by atoms with van der Waals surface area (Å²) in [5, 5.41) is 22.9. The normalized spacial score (nSPS) is 11.2. The number of rotatable bonds is 7. The van der Waals surface area contributed by atoms with E-state index in [4.69, 9.17) is 4.74 Å². The molecular weight excluding hydrogens is 276 g/mol. The lowest BCUT2D eigenvalue weighted by molar-refractivity contribution is -0.385. The van der Waals surface area contributed by atoms with Crippen molar-refractivity contribution in [2.24, 2.45) is 5.41 Å². The number of benzene rings is 1. The number of hydrogen-bond donors (Lipinski definition) is 2. The minimum Gasteiger partial charge on any atom is -0.502 e. The number of phenolic OH excluding ortho intramolecular Hbond substituents is 1. The van der Waals surface area contributed by atoms with Crippen molar-refractivity contribution in [3.8, 4) is 5.75 Å². The van der Waals surface area contributed by atoms with E-state index >= 15 is 0 Å². The highest BCUT2D eigenvalue weighted by molar-refractivity contribution is 5.95. The van der Waals surface area contributed by atoms with Gasteiger partial charge in [-0.2, -0.15) is 0 Å². The summed E-state index contributed by atoms with van der Waals surface area (Å²) in [4.78, 5) is 21.9. The molecule has 0 saturated carbocycles. The van der Waals surface area contributed by atoms with E-state index in [9.17, 15) is 20.0 Å². The van der Waals surface area contributed by atoms with Crippen molar-refractivity contribution < 1.29 is 19.6 Å². The van der Waals surface area contributed by atoms with Gasteiger partial charge in [-0.05, 0) is 24.0 Å². The highest BCUT2D eigenvalue weighted by Gasteiger charge is 2.20. The molecule has 0 saturated heterocycles. The summed E-state index contributed by atoms with van der Waals surface area (Å²) in [7, 11) is 1.62. The van der Waals surface area contributed by atoms with E-state index < -0.39 is 16.4 Å². The number of phenols is 1. The van der Waals surface area contributed by atoms with Crippen LogP contribution in [0.2, 0.25) is 0 Å². The van der Waals surface area contributed by atoms with Crippen LogP contribution in [0.5, 0.6) is 5.75 Å². The third-order valence-corrected chi connectivity index (χ3v) is 3.14. The number of ether oxygens (including phenoxy) is 1. The van der Waals surface area contributed by atoms with Crippen LogP contribution in [-0.4, -0.2) is 36.2 Å². The number of carbonyl (C=O) groups excluding carboxylic acids is 1. The van der Waals surface area contributed by atoms with Crippen LogP contribution < -0.4 is 5.32 Å². The van der Waals surface area contributed by atoms with Gasteiger partial charge in [0.1, 0.15) is 0 Å². The third-order valence-electron chi connectivity index (χ3n) is 3.14. The first-order chi connectivity index (χ1) is 9.76. The Hall–Kier alpha value is -2.15. The van der Waals surface area contributed by atoms with Crippen molar-refractivity contribution in [1.82, 2.24) is 5.32 Å². The number of hydrogen-bond acceptors (Lipinski definition) is 5. The van der Waals surface area contributed by atoms with Crippen molar-refractivity contribution in [1.29, 1.82) is 0 Å². The second kappa shape index (κ2) is 7.03. The molecule has 1 aromatic carbocycles. The van der Waals surface area contributed by atoms with E-state index in [2.05, 4.69) is 5.32 Å². The van der Waals surface area contributed by atoms with Gasteiger partial charge in [0.05, 0.1) is 4.92 Å². The number of nitrogens with one attached hydrogen (secondary N) is 1. The second-order valence-electron chi connectivity index (χ2n) is 5.55. The molecule has 1 rings (SSSR count). The Bertz CT molecular complexity index is 528. The van der Waals surface area contributed by atoms with Gasteiger partial charge < -0.3 is 15.2 Å². The second-order valence-corrected chi connectivity index (χ2v) is 5.55. The summed E-state index contributed by atoms with van der Waals surface area (Å²) in [6.45, 7) is 5.04. The largest absolute Gasteiger partial charge is 0.502 e. The van der Waals surface area contributed by atoms with Crippen LogP contribution in [0.15, 0.2) is 18.2 Å². The Morgan fingerprint density at radius 1 is 1.48 bits per heavy atom. The number of carbonyl (C=O) groups is 1. The van der Waals surface area contributed by atoms with E-state index in [0.717, 1.165) is 18.6 Å². The fourth-order valence-corrected chi connectivity index (χ4v) is 1.71. The lowest BCUT2D eigenvalue weighted by atomic mass is 9.89. The van der Waals surface area contributed by atoms with Crippen molar-refractivity contribution >= 4 is 11.6 Å². The number of amides is 1. The predicted molar refractivity (Wildman–Crippen MR) is 77.4 cm³/mol. The molecule has 0 bridgehead atoms. The van der Waals surface area contributed by atoms with Crippen LogP contribution >= 0.6 is 0 Å². The minimum absolute atomic E-state index is 0.130. The maximum absolute atomic E-state index is 12.0. The van der Waals surface area contributed by atoms with E-state index in [1.54, 1.807) is 7.11 Å². The first-order valence-corrected chi connectivity index (χ1v) is 6.51. The van der Waals surface area contributed by atoms with E-state index in [-0.39, 0.29) is 16.9 Å². The van der Waals surface area contributed by atoms with Gasteiger partial charge in [-0.1, -0.05) is 13.8 Å². The zero-order valence-electron chi connectivity index (χ0n) is 12.4. The van der Waals surface area contributed by atoms with E-state index in [0.29, 0.717) is 13.2 Å². The van der Waals surface area contributed by atoms with Gasteiger partial charge >= 0.3 is 5.69 Å². The molecule has 0 atom stereocenters. The number of nitro benzene ring substituents is 1. The van der Waals surface area contributed by atoms with Gasteiger partial charge in [-0.3, -0.25) is 14.9 Å². The van der Waals surface area contributed by atoms with Crippen LogP contribution in [0, 0.1) is 15.5 Å². The van der Waals surface area contributed by atoms with Crippen LogP contribution in [0.3, 0.4) is 0 Å². The Labute approximate surface area is 123 Å². The standard InChI is InChI=1S/C14H20N2O5/c1-14(2,6-7-21-3)9-15-13(18)10-4-5-11(16(19)20)12(17)8-10/h4-5,8,17H,6-7,9H2,1-3H3,(H,15,18). The van der Waals surface area contributed by atoms with Crippen molar-refractivity contribution in [2.45, 2.75) is 20.3 Å². The highest BCUT2D eigenvalue weighted by Crippen LogP contribution is 2.26. The fraction of sp³-hybridized carbons (Fsp3) is 0.500. The van der Waals surface area contributed by atoms with Crippen molar-refractivity contribution in [3.63, 3.8) is 0 Å². The highest BCUT2D eigenvalue weighted by atomic mass is 16.6. The van der Waals surface area contributed by atoms with E-state index in [1.165, 1.54) is 6.07 Å². The molecule has 21 heavy (non-hydrogen) atoms. The van der Waals surface area contributed by atoms with Crippen molar-refractivity contribution in [2.75, 3.05) is 20.3 Å². The van der Waals surface area contributed by atoms with Gasteiger partial charge in [-0.15, -0.1) is 0 Å². The topological polar surface area (TPSA) is 102 Å². The third kappa shape index (κ3) is 5.03. The maximum Gasteiger partial charge on any atom is 0.310 e. The molecule has 2 N–H and O–H groups in total. The van der Waals surface area contributed by atoms with Crippen LogP contribution in [0.4, 0.5) is 5.69 Å². The molecule has 0 heterocycles. The Morgan fingerprint density at radius 3 is 2.67 bits per heavy atom. The molecule has 0 aromatic heterocycles. The predicted octanol–water partition coefficient (Wildman–Crippen LogP) is 2.09. The van der Waals surface area contributed by atoms with Gasteiger partial charge in [0.15, 0.2) is 5.75 Å². The first-order valence-electron chi connectivity index (χ1n) is 6.51. The van der Waals surface area contributed by atoms with Gasteiger partial charge in [0.2, 0.25) is 0 Å². The SMILES string of the molecule is COCCC(C)(C)CNC(=O)c1ccc([N+](=O)[O-])c(O)c1. The minimum atomic E-state index is -0.703. The summed E-state index contributed by atoms with van der Waals surface area (Å²) >= 11 is 0. The molecule has 0 fully saturated rings. The first kappa shape index (κ1) is 16.9. The zero-order valence-corrected chi connectivity index (χ0v) is 12.4. The molecule has 0 aliphatic rings. The maximum atomic E-state index is 12.0. The smallest absolute Gasteiger partial charge is 0.310 e. The molecule has 0 aliphatic carbocycles. The van der Waals surface area contributed by atoms with Crippen LogP contribution in [-0.2, 0) is 4.74 Å². The fourth-order valence-electron chi connectivity index (χ4n) is 1.71. The molecule has 116 valence electrons. The quantitative estimate of drug-likeness (QED) is 0.592. The molecule has 7 nitrogen and oxygen atoms in total. The molecule has 1 amide bonds. The molecule has 0 radical (unpaired) electrons.